The Labute approximate surface area is 91.9 Å². The summed E-state index contributed by atoms with van der Waals surface area (Å²) in [6.45, 7) is 2.68. The molecule has 1 aromatic carbocycles. The number of hydrogen-bond donors (Lipinski definition) is 1. The van der Waals surface area contributed by atoms with E-state index in [2.05, 4.69) is 11.9 Å². The van der Waals surface area contributed by atoms with Crippen LogP contribution in [0.3, 0.4) is 0 Å². The highest BCUT2D eigenvalue weighted by atomic mass is 32.1. The van der Waals surface area contributed by atoms with Gasteiger partial charge in [-0.2, -0.15) is 0 Å². The zero-order valence-corrected chi connectivity index (χ0v) is 9.35. The molecule has 2 aromatic rings. The minimum absolute atomic E-state index is 0.210. The average molecular weight is 224 g/mol. The average Bonchev–Trinajstić information content (AvgIpc) is 2.62. The van der Waals surface area contributed by atoms with E-state index < -0.39 is 0 Å². The van der Waals surface area contributed by atoms with E-state index in [0.717, 1.165) is 21.6 Å². The fourth-order valence-electron chi connectivity index (χ4n) is 1.53. The minimum atomic E-state index is -0.210. The topological polar surface area (TPSA) is 38.9 Å². The highest BCUT2D eigenvalue weighted by Crippen LogP contribution is 2.29. The molecule has 0 bridgehead atoms. The molecule has 2 rings (SSSR count). The van der Waals surface area contributed by atoms with Crippen LogP contribution < -0.4 is 5.73 Å². The summed E-state index contributed by atoms with van der Waals surface area (Å²) in [6.07, 6.45) is 0.971. The molecule has 0 saturated heterocycles. The summed E-state index contributed by atoms with van der Waals surface area (Å²) >= 11 is 1.54. The lowest BCUT2D eigenvalue weighted by molar-refractivity contribution is 0.630. The molecule has 0 saturated carbocycles. The monoisotopic (exact) mass is 224 g/mol. The van der Waals surface area contributed by atoms with E-state index >= 15 is 0 Å². The molecule has 1 atom stereocenters. The van der Waals surface area contributed by atoms with Crippen molar-refractivity contribution < 1.29 is 4.39 Å². The zero-order chi connectivity index (χ0) is 10.8. The van der Waals surface area contributed by atoms with Crippen molar-refractivity contribution in [3.05, 3.63) is 29.0 Å². The molecule has 4 heteroatoms. The first kappa shape index (κ1) is 10.5. The normalized spacial score (nSPS) is 13.3. The maximum absolute atomic E-state index is 13.0. The third-order valence-electron chi connectivity index (χ3n) is 2.49. The summed E-state index contributed by atoms with van der Waals surface area (Å²) in [6, 6.07) is 4.68. The van der Waals surface area contributed by atoms with Crippen molar-refractivity contribution >= 4 is 21.6 Å². The second-order valence-electron chi connectivity index (χ2n) is 3.51. The number of rotatable bonds is 3. The number of nitrogens with zero attached hydrogens (tertiary/aromatic N) is 1. The van der Waals surface area contributed by atoms with Gasteiger partial charge in [0.2, 0.25) is 0 Å². The molecule has 1 unspecified atom stereocenters. The zero-order valence-electron chi connectivity index (χ0n) is 8.53. The van der Waals surface area contributed by atoms with E-state index in [1.165, 1.54) is 23.5 Å². The quantitative estimate of drug-likeness (QED) is 0.870. The lowest BCUT2D eigenvalue weighted by Gasteiger charge is -2.06. The SMILES string of the molecule is CCC(CN)c1nc2ccc(F)cc2s1. The lowest BCUT2D eigenvalue weighted by Crippen LogP contribution is -2.10. The Bertz CT molecular complexity index is 463. The van der Waals surface area contributed by atoms with Gasteiger partial charge in [-0.15, -0.1) is 11.3 Å². The van der Waals surface area contributed by atoms with Gasteiger partial charge in [-0.05, 0) is 24.6 Å². The number of fused-ring (bicyclic) bond motifs is 1. The number of thiazole rings is 1. The molecule has 2 nitrogen and oxygen atoms in total. The molecule has 1 heterocycles. The smallest absolute Gasteiger partial charge is 0.124 e. The van der Waals surface area contributed by atoms with E-state index in [0.29, 0.717) is 12.5 Å². The molecule has 0 aliphatic heterocycles. The van der Waals surface area contributed by atoms with Crippen LogP contribution in [-0.2, 0) is 0 Å². The van der Waals surface area contributed by atoms with Crippen molar-refractivity contribution in [3.8, 4) is 0 Å². The second-order valence-corrected chi connectivity index (χ2v) is 4.57. The van der Waals surface area contributed by atoms with Crippen molar-refractivity contribution in [2.24, 2.45) is 5.73 Å². The Hall–Kier alpha value is -1.000. The van der Waals surface area contributed by atoms with Crippen LogP contribution in [0.5, 0.6) is 0 Å². The van der Waals surface area contributed by atoms with Gasteiger partial charge in [-0.25, -0.2) is 9.37 Å². The minimum Gasteiger partial charge on any atom is -0.330 e. The van der Waals surface area contributed by atoms with Gasteiger partial charge in [0.05, 0.1) is 15.2 Å². The van der Waals surface area contributed by atoms with Gasteiger partial charge in [0.25, 0.3) is 0 Å². The van der Waals surface area contributed by atoms with Crippen LogP contribution in [0.15, 0.2) is 18.2 Å². The molecule has 0 spiro atoms. The van der Waals surface area contributed by atoms with Crippen molar-refractivity contribution in [1.29, 1.82) is 0 Å². The maximum Gasteiger partial charge on any atom is 0.124 e. The largest absolute Gasteiger partial charge is 0.330 e. The van der Waals surface area contributed by atoms with Gasteiger partial charge in [-0.3, -0.25) is 0 Å². The van der Waals surface area contributed by atoms with E-state index in [1.54, 1.807) is 6.07 Å². The Morgan fingerprint density at radius 1 is 1.53 bits per heavy atom. The summed E-state index contributed by atoms with van der Waals surface area (Å²) in [5.41, 5.74) is 6.52. The van der Waals surface area contributed by atoms with Crippen LogP contribution >= 0.6 is 11.3 Å². The summed E-state index contributed by atoms with van der Waals surface area (Å²) < 4.78 is 13.9. The van der Waals surface area contributed by atoms with Crippen LogP contribution in [0.4, 0.5) is 4.39 Å². The van der Waals surface area contributed by atoms with Crippen molar-refractivity contribution in [1.82, 2.24) is 4.98 Å². The van der Waals surface area contributed by atoms with E-state index in [4.69, 9.17) is 5.73 Å². The third-order valence-corrected chi connectivity index (χ3v) is 3.67. The number of nitrogens with two attached hydrogens (primary N) is 1. The van der Waals surface area contributed by atoms with Crippen molar-refractivity contribution in [2.45, 2.75) is 19.3 Å². The summed E-state index contributed by atoms with van der Waals surface area (Å²) in [7, 11) is 0. The Morgan fingerprint density at radius 2 is 2.33 bits per heavy atom. The fourth-order valence-corrected chi connectivity index (χ4v) is 2.72. The molecular weight excluding hydrogens is 211 g/mol. The predicted molar refractivity (Wildman–Crippen MR) is 61.7 cm³/mol. The van der Waals surface area contributed by atoms with Gasteiger partial charge in [-0.1, -0.05) is 6.92 Å². The van der Waals surface area contributed by atoms with Gasteiger partial charge >= 0.3 is 0 Å². The van der Waals surface area contributed by atoms with Crippen molar-refractivity contribution in [3.63, 3.8) is 0 Å². The molecule has 2 N–H and O–H groups in total. The molecule has 0 amide bonds. The number of aromatic nitrogens is 1. The van der Waals surface area contributed by atoms with Gasteiger partial charge in [0.1, 0.15) is 5.82 Å². The van der Waals surface area contributed by atoms with E-state index in [1.807, 2.05) is 0 Å². The molecular formula is C11H13FN2S. The van der Waals surface area contributed by atoms with Crippen LogP contribution in [0.2, 0.25) is 0 Å². The van der Waals surface area contributed by atoms with Gasteiger partial charge in [0, 0.05) is 12.5 Å². The number of halogens is 1. The number of benzene rings is 1. The fraction of sp³-hybridized carbons (Fsp3) is 0.364. The Balaban J connectivity index is 2.46. The molecule has 0 aliphatic rings. The molecule has 1 aromatic heterocycles. The lowest BCUT2D eigenvalue weighted by atomic mass is 10.1. The summed E-state index contributed by atoms with van der Waals surface area (Å²) in [5.74, 6) is 0.0870. The maximum atomic E-state index is 13.0. The van der Waals surface area contributed by atoms with Crippen LogP contribution in [-0.4, -0.2) is 11.5 Å². The molecule has 0 fully saturated rings. The van der Waals surface area contributed by atoms with Gasteiger partial charge < -0.3 is 5.73 Å². The molecule has 15 heavy (non-hydrogen) atoms. The number of hydrogen-bond acceptors (Lipinski definition) is 3. The first-order valence-electron chi connectivity index (χ1n) is 5.00. The summed E-state index contributed by atoms with van der Waals surface area (Å²) in [4.78, 5) is 4.47. The predicted octanol–water partition coefficient (Wildman–Crippen LogP) is 2.89. The standard InChI is InChI=1S/C11H13FN2S/c1-2-7(6-13)11-14-9-4-3-8(12)5-10(9)15-11/h3-5,7H,2,6,13H2,1H3. The molecule has 0 aliphatic carbocycles. The van der Waals surface area contributed by atoms with Crippen LogP contribution in [0, 0.1) is 5.82 Å². The van der Waals surface area contributed by atoms with Gasteiger partial charge in [0.15, 0.2) is 0 Å². The summed E-state index contributed by atoms with van der Waals surface area (Å²) in [5, 5.41) is 1.01. The third kappa shape index (κ3) is 2.01. The highest BCUT2D eigenvalue weighted by molar-refractivity contribution is 7.18. The van der Waals surface area contributed by atoms with Crippen LogP contribution in [0.25, 0.3) is 10.2 Å². The van der Waals surface area contributed by atoms with Crippen LogP contribution in [0.1, 0.15) is 24.3 Å². The van der Waals surface area contributed by atoms with E-state index in [9.17, 15) is 4.39 Å². The second kappa shape index (κ2) is 4.24. The molecule has 0 radical (unpaired) electrons. The molecule has 80 valence electrons. The van der Waals surface area contributed by atoms with Crippen molar-refractivity contribution in [2.75, 3.05) is 6.54 Å². The highest BCUT2D eigenvalue weighted by Gasteiger charge is 2.12. The first-order chi connectivity index (χ1) is 7.24. The van der Waals surface area contributed by atoms with E-state index in [-0.39, 0.29) is 5.82 Å². The Morgan fingerprint density at radius 3 is 3.00 bits per heavy atom. The Kier molecular flexibility index (Phi) is 2.98. The first-order valence-corrected chi connectivity index (χ1v) is 5.82.